The lowest BCUT2D eigenvalue weighted by Crippen LogP contribution is -2.08. The van der Waals surface area contributed by atoms with E-state index < -0.39 is 11.7 Å². The number of aryl methyl sites for hydroxylation is 1. The van der Waals surface area contributed by atoms with E-state index in [0.717, 1.165) is 50.7 Å². The Morgan fingerprint density at radius 3 is 2.00 bits per heavy atom. The first-order chi connectivity index (χ1) is 14.4. The van der Waals surface area contributed by atoms with Crippen molar-refractivity contribution in [2.75, 3.05) is 0 Å². The van der Waals surface area contributed by atoms with E-state index in [1.165, 1.54) is 12.1 Å². The van der Waals surface area contributed by atoms with Crippen LogP contribution in [0.4, 0.5) is 13.2 Å². The summed E-state index contributed by atoms with van der Waals surface area (Å²) in [5.41, 5.74) is 5.26. The van der Waals surface area contributed by atoms with Gasteiger partial charge in [-0.1, -0.05) is 61.5 Å². The Bertz CT molecular complexity index is 1360. The van der Waals surface area contributed by atoms with Crippen molar-refractivity contribution < 1.29 is 13.2 Å². The molecule has 1 nitrogen and oxygen atoms in total. The van der Waals surface area contributed by atoms with Crippen LogP contribution in [0.1, 0.15) is 18.2 Å². The highest BCUT2D eigenvalue weighted by molar-refractivity contribution is 6.21. The van der Waals surface area contributed by atoms with Crippen molar-refractivity contribution in [3.05, 3.63) is 84.1 Å². The van der Waals surface area contributed by atoms with Crippen LogP contribution in [0.2, 0.25) is 0 Å². The predicted octanol–water partition coefficient (Wildman–Crippen LogP) is 7.68. The Kier molecular flexibility index (Phi) is 4.14. The molecule has 0 bridgehead atoms. The van der Waals surface area contributed by atoms with Crippen LogP contribution in [-0.2, 0) is 19.6 Å². The highest BCUT2D eigenvalue weighted by atomic mass is 19.4. The van der Waals surface area contributed by atoms with Crippen LogP contribution in [0.3, 0.4) is 0 Å². The Labute approximate surface area is 172 Å². The number of hydrogen-bond donors (Lipinski definition) is 0. The van der Waals surface area contributed by atoms with Gasteiger partial charge in [-0.2, -0.15) is 13.2 Å². The highest BCUT2D eigenvalue weighted by Crippen LogP contribution is 2.50. The van der Waals surface area contributed by atoms with Crippen molar-refractivity contribution in [1.82, 2.24) is 4.57 Å². The average molecular weight is 403 g/mol. The number of fused-ring (bicyclic) bond motifs is 5. The zero-order valence-electron chi connectivity index (χ0n) is 16.7. The van der Waals surface area contributed by atoms with Gasteiger partial charge >= 0.3 is 6.18 Å². The van der Waals surface area contributed by atoms with E-state index in [2.05, 4.69) is 19.1 Å². The molecule has 0 unspecified atom stereocenters. The summed E-state index contributed by atoms with van der Waals surface area (Å²) >= 11 is 0. The first kappa shape index (κ1) is 18.7. The van der Waals surface area contributed by atoms with Gasteiger partial charge in [-0.15, -0.1) is 0 Å². The van der Waals surface area contributed by atoms with Crippen LogP contribution in [0, 0.1) is 0 Å². The third-order valence-corrected chi connectivity index (χ3v) is 6.01. The van der Waals surface area contributed by atoms with Crippen LogP contribution in [0.25, 0.3) is 43.9 Å². The van der Waals surface area contributed by atoms with Gasteiger partial charge in [0.05, 0.1) is 5.56 Å². The minimum absolute atomic E-state index is 0.621. The molecule has 0 aromatic heterocycles. The molecule has 3 aromatic rings. The molecule has 1 aliphatic carbocycles. The van der Waals surface area contributed by atoms with Crippen LogP contribution < -0.4 is 0 Å². The molecule has 0 amide bonds. The van der Waals surface area contributed by atoms with E-state index in [1.807, 2.05) is 54.1 Å². The molecule has 150 valence electrons. The summed E-state index contributed by atoms with van der Waals surface area (Å²) in [4.78, 5) is 0. The average Bonchev–Trinajstić information content (AvgIpc) is 3.09. The van der Waals surface area contributed by atoms with Crippen LogP contribution in [0.5, 0.6) is 0 Å². The van der Waals surface area contributed by atoms with Crippen LogP contribution >= 0.6 is 0 Å². The molecule has 1 heterocycles. The monoisotopic (exact) mass is 403 g/mol. The van der Waals surface area contributed by atoms with E-state index in [0.29, 0.717) is 5.39 Å². The van der Waals surface area contributed by atoms with Gasteiger partial charge in [-0.05, 0) is 46.5 Å². The van der Waals surface area contributed by atoms with Gasteiger partial charge in [0.1, 0.15) is 0 Å². The summed E-state index contributed by atoms with van der Waals surface area (Å²) in [6.07, 6.45) is -3.60. The molecule has 0 radical (unpaired) electrons. The van der Waals surface area contributed by atoms with Gasteiger partial charge in [0.2, 0.25) is 0 Å². The Morgan fingerprint density at radius 2 is 1.37 bits per heavy atom. The topological polar surface area (TPSA) is 4.93 Å². The largest absolute Gasteiger partial charge is 0.416 e. The third kappa shape index (κ3) is 2.63. The van der Waals surface area contributed by atoms with E-state index in [1.54, 1.807) is 6.07 Å². The van der Waals surface area contributed by atoms with Gasteiger partial charge in [-0.25, -0.2) is 0 Å². The molecule has 0 saturated carbocycles. The number of aromatic nitrogens is 1. The Morgan fingerprint density at radius 1 is 0.733 bits per heavy atom. The first-order valence-electron chi connectivity index (χ1n) is 10.00. The highest BCUT2D eigenvalue weighted by Gasteiger charge is 2.32. The zero-order chi connectivity index (χ0) is 21.0. The fraction of sp³-hybridized carbons (Fsp3) is 0.154. The predicted molar refractivity (Wildman–Crippen MR) is 117 cm³/mol. The second-order valence-electron chi connectivity index (χ2n) is 7.63. The second kappa shape index (κ2) is 6.63. The minimum atomic E-state index is -4.39. The molecule has 0 atom stereocenters. The lowest BCUT2D eigenvalue weighted by Gasteiger charge is -2.21. The molecule has 0 fully saturated rings. The molecule has 30 heavy (non-hydrogen) atoms. The molecule has 0 N–H and O–H groups in total. The first-order valence-corrected chi connectivity index (χ1v) is 10.00. The fourth-order valence-electron chi connectivity index (χ4n) is 4.72. The maximum Gasteiger partial charge on any atom is 0.416 e. The van der Waals surface area contributed by atoms with Gasteiger partial charge in [0.15, 0.2) is 0 Å². The second-order valence-corrected chi connectivity index (χ2v) is 7.63. The van der Waals surface area contributed by atoms with Crippen molar-refractivity contribution in [3.63, 3.8) is 0 Å². The number of benzene rings is 3. The summed E-state index contributed by atoms with van der Waals surface area (Å²) in [5.74, 6) is 0. The summed E-state index contributed by atoms with van der Waals surface area (Å²) in [5, 5.41) is 2.78. The molecule has 2 aliphatic rings. The van der Waals surface area contributed by atoms with Gasteiger partial charge < -0.3 is 4.57 Å². The number of halogens is 3. The number of nitrogens with zero attached hydrogens (tertiary/aromatic N) is 1. The van der Waals surface area contributed by atoms with Crippen LogP contribution in [0.15, 0.2) is 72.8 Å². The quantitative estimate of drug-likeness (QED) is 0.285. The molecule has 0 saturated heterocycles. The maximum atomic E-state index is 13.6. The van der Waals surface area contributed by atoms with Gasteiger partial charge in [0, 0.05) is 34.8 Å². The Hall–Kier alpha value is -3.27. The van der Waals surface area contributed by atoms with E-state index >= 15 is 0 Å². The van der Waals surface area contributed by atoms with E-state index in [4.69, 9.17) is 0 Å². The maximum absolute atomic E-state index is 13.6. The summed E-state index contributed by atoms with van der Waals surface area (Å²) in [7, 11) is 1.94. The lowest BCUT2D eigenvalue weighted by molar-refractivity contribution is -0.137. The number of hydrogen-bond acceptors (Lipinski definition) is 0. The zero-order valence-corrected chi connectivity index (χ0v) is 16.7. The SMILES string of the molecule is CCc1c2c3ccccc3c(-c3ccccc3)c-2c2cc(C(F)(F)F)ccc2n1C. The molecule has 3 aromatic carbocycles. The van der Waals surface area contributed by atoms with Crippen molar-refractivity contribution in [2.45, 2.75) is 19.5 Å². The summed E-state index contributed by atoms with van der Waals surface area (Å²) < 4.78 is 42.8. The van der Waals surface area contributed by atoms with E-state index in [9.17, 15) is 13.2 Å². The van der Waals surface area contributed by atoms with Gasteiger partial charge in [-0.3, -0.25) is 0 Å². The normalized spacial score (nSPS) is 12.3. The number of alkyl halides is 3. The van der Waals surface area contributed by atoms with Crippen molar-refractivity contribution in [3.8, 4) is 22.3 Å². The Balaban J connectivity index is 2.07. The number of pyridine rings is 1. The molecule has 1 aliphatic heterocycles. The molecular weight excluding hydrogens is 383 g/mol. The van der Waals surface area contributed by atoms with E-state index in [-0.39, 0.29) is 0 Å². The molecule has 0 spiro atoms. The standard InChI is InChI=1S/C26H20F3N/c1-3-21-24-19-12-8-7-11-18(19)23(16-9-5-4-6-10-16)25(24)20-15-17(26(27,28)29)13-14-22(20)30(21)2/h4-15H,3H2,1-2H3. The summed E-state index contributed by atoms with van der Waals surface area (Å²) in [6.45, 7) is 2.09. The number of rotatable bonds is 2. The van der Waals surface area contributed by atoms with Crippen LogP contribution in [-0.4, -0.2) is 4.57 Å². The van der Waals surface area contributed by atoms with Crippen molar-refractivity contribution in [2.24, 2.45) is 7.05 Å². The molecular formula is C26H20F3N. The molecule has 4 heteroatoms. The third-order valence-electron chi connectivity index (χ3n) is 6.01. The van der Waals surface area contributed by atoms with Crippen molar-refractivity contribution in [1.29, 1.82) is 0 Å². The summed E-state index contributed by atoms with van der Waals surface area (Å²) in [6, 6.07) is 22.1. The molecule has 5 rings (SSSR count). The lowest BCUT2D eigenvalue weighted by atomic mass is 9.92. The van der Waals surface area contributed by atoms with Crippen molar-refractivity contribution >= 4 is 21.7 Å². The van der Waals surface area contributed by atoms with Gasteiger partial charge in [0.25, 0.3) is 0 Å². The smallest absolute Gasteiger partial charge is 0.347 e. The minimum Gasteiger partial charge on any atom is -0.347 e. The fourth-order valence-corrected chi connectivity index (χ4v) is 4.72.